The zero-order valence-electron chi connectivity index (χ0n) is 7.03. The molecule has 1 aromatic heterocycles. The summed E-state index contributed by atoms with van der Waals surface area (Å²) in [5, 5.41) is 0. The lowest BCUT2D eigenvalue weighted by Gasteiger charge is -2.02. The van der Waals surface area contributed by atoms with E-state index in [4.69, 9.17) is 4.84 Å². The molecule has 0 unspecified atom stereocenters. The Labute approximate surface area is 72.0 Å². The highest BCUT2D eigenvalue weighted by Crippen LogP contribution is 2.02. The van der Waals surface area contributed by atoms with Gasteiger partial charge in [0, 0.05) is 12.4 Å². The Hall–Kier alpha value is -1.35. The molecule has 0 spiro atoms. The molecule has 1 rings (SSSR count). The van der Waals surface area contributed by atoms with Gasteiger partial charge in [-0.15, -0.1) is 0 Å². The molecule has 1 heterocycles. The lowest BCUT2D eigenvalue weighted by Crippen LogP contribution is -2.00. The molecule has 12 heavy (non-hydrogen) atoms. The molecule has 3 heteroatoms. The van der Waals surface area contributed by atoms with Crippen LogP contribution in [0.3, 0.4) is 0 Å². The fraction of sp³-hybridized carbons (Fsp3) is 0.222. The van der Waals surface area contributed by atoms with E-state index in [2.05, 4.69) is 10.5 Å². The summed E-state index contributed by atoms with van der Waals surface area (Å²) < 4.78 is 0. The third kappa shape index (κ3) is 3.16. The Balaban J connectivity index is 2.24. The van der Waals surface area contributed by atoms with E-state index < -0.39 is 0 Å². The van der Waals surface area contributed by atoms with Gasteiger partial charge in [-0.2, -0.15) is 0 Å². The highest BCUT2D eigenvalue weighted by Gasteiger charge is 1.86. The van der Waals surface area contributed by atoms with Gasteiger partial charge >= 0.3 is 0 Å². The first kappa shape index (κ1) is 8.74. The van der Waals surface area contributed by atoms with Crippen molar-refractivity contribution in [1.29, 1.82) is 0 Å². The second-order valence-electron chi connectivity index (χ2n) is 2.22. The summed E-state index contributed by atoms with van der Waals surface area (Å²) in [7, 11) is 0. The van der Waals surface area contributed by atoms with Crippen molar-refractivity contribution >= 4 is 5.69 Å². The Morgan fingerprint density at radius 2 is 2.25 bits per heavy atom. The van der Waals surface area contributed by atoms with Crippen LogP contribution >= 0.6 is 0 Å². The zero-order chi connectivity index (χ0) is 8.65. The smallest absolute Gasteiger partial charge is 0.0927 e. The number of hydrogen-bond acceptors (Lipinski definition) is 3. The number of aromatic nitrogens is 1. The lowest BCUT2D eigenvalue weighted by atomic mass is 10.4. The van der Waals surface area contributed by atoms with Crippen molar-refractivity contribution in [3.8, 4) is 0 Å². The standard InChI is InChI=1S/C9H12N2O/c1-2-3-8-12-11-9-4-6-10-7-5-9/h2-7H,8H2,1H3,(H,10,11)/b3-2+. The second kappa shape index (κ2) is 5.32. The molecular weight excluding hydrogens is 152 g/mol. The molecule has 0 saturated carbocycles. The molecule has 64 valence electrons. The third-order valence-corrected chi connectivity index (χ3v) is 1.29. The van der Waals surface area contributed by atoms with Crippen molar-refractivity contribution in [1.82, 2.24) is 4.98 Å². The first-order chi connectivity index (χ1) is 5.93. The van der Waals surface area contributed by atoms with Gasteiger partial charge in [0.15, 0.2) is 0 Å². The molecule has 0 aliphatic rings. The first-order valence-electron chi connectivity index (χ1n) is 3.82. The molecule has 0 amide bonds. The van der Waals surface area contributed by atoms with Crippen LogP contribution < -0.4 is 5.48 Å². The van der Waals surface area contributed by atoms with Crippen molar-refractivity contribution < 1.29 is 4.84 Å². The molecule has 0 atom stereocenters. The van der Waals surface area contributed by atoms with Gasteiger partial charge in [-0.1, -0.05) is 12.2 Å². The van der Waals surface area contributed by atoms with Gasteiger partial charge in [0.25, 0.3) is 0 Å². The summed E-state index contributed by atoms with van der Waals surface area (Å²) in [6, 6.07) is 3.69. The number of nitrogens with zero attached hydrogens (tertiary/aromatic N) is 1. The molecule has 0 bridgehead atoms. The SMILES string of the molecule is C/C=C/CONc1ccncc1. The van der Waals surface area contributed by atoms with Gasteiger partial charge in [-0.25, -0.2) is 0 Å². The van der Waals surface area contributed by atoms with Gasteiger partial charge in [0.1, 0.15) is 0 Å². The van der Waals surface area contributed by atoms with Crippen LogP contribution in [0.4, 0.5) is 5.69 Å². The highest BCUT2D eigenvalue weighted by atomic mass is 16.6. The lowest BCUT2D eigenvalue weighted by molar-refractivity contribution is 0.228. The topological polar surface area (TPSA) is 34.1 Å². The van der Waals surface area contributed by atoms with Crippen LogP contribution in [0.2, 0.25) is 0 Å². The van der Waals surface area contributed by atoms with Crippen molar-refractivity contribution in [3.05, 3.63) is 36.7 Å². The summed E-state index contributed by atoms with van der Waals surface area (Å²) in [6.45, 7) is 2.52. The summed E-state index contributed by atoms with van der Waals surface area (Å²) in [4.78, 5) is 8.98. The molecular formula is C9H12N2O. The Morgan fingerprint density at radius 1 is 1.50 bits per heavy atom. The fourth-order valence-corrected chi connectivity index (χ4v) is 0.689. The van der Waals surface area contributed by atoms with Crippen molar-refractivity contribution in [2.24, 2.45) is 0 Å². The van der Waals surface area contributed by atoms with Crippen molar-refractivity contribution in [2.45, 2.75) is 6.92 Å². The van der Waals surface area contributed by atoms with E-state index in [1.165, 1.54) is 0 Å². The Kier molecular flexibility index (Phi) is 3.88. The van der Waals surface area contributed by atoms with Crippen LogP contribution in [0, 0.1) is 0 Å². The monoisotopic (exact) mass is 164 g/mol. The number of rotatable bonds is 4. The van der Waals surface area contributed by atoms with Crippen molar-refractivity contribution in [2.75, 3.05) is 12.1 Å². The second-order valence-corrected chi connectivity index (χ2v) is 2.22. The number of hydrogen-bond donors (Lipinski definition) is 1. The van der Waals surface area contributed by atoms with Gasteiger partial charge in [-0.3, -0.25) is 15.3 Å². The number of allylic oxidation sites excluding steroid dienone is 1. The Bertz CT molecular complexity index is 234. The first-order valence-corrected chi connectivity index (χ1v) is 3.82. The minimum atomic E-state index is 0.568. The molecule has 0 fully saturated rings. The predicted octanol–water partition coefficient (Wildman–Crippen LogP) is 2.00. The Morgan fingerprint density at radius 3 is 2.92 bits per heavy atom. The predicted molar refractivity (Wildman–Crippen MR) is 48.6 cm³/mol. The van der Waals surface area contributed by atoms with Crippen LogP contribution in [0.5, 0.6) is 0 Å². The fourth-order valence-electron chi connectivity index (χ4n) is 0.689. The van der Waals surface area contributed by atoms with Crippen LogP contribution in [0.15, 0.2) is 36.7 Å². The highest BCUT2D eigenvalue weighted by molar-refractivity contribution is 5.38. The van der Waals surface area contributed by atoms with Crippen LogP contribution in [-0.4, -0.2) is 11.6 Å². The molecule has 0 aromatic carbocycles. The minimum absolute atomic E-state index is 0.568. The van der Waals surface area contributed by atoms with E-state index in [0.29, 0.717) is 6.61 Å². The number of anilines is 1. The summed E-state index contributed by atoms with van der Waals surface area (Å²) in [5.41, 5.74) is 3.70. The quantitative estimate of drug-likeness (QED) is 0.420. The van der Waals surface area contributed by atoms with Crippen LogP contribution in [-0.2, 0) is 4.84 Å². The number of nitrogens with one attached hydrogen (secondary N) is 1. The van der Waals surface area contributed by atoms with Gasteiger partial charge in [0.2, 0.25) is 0 Å². The normalized spacial score (nSPS) is 10.4. The number of pyridine rings is 1. The van der Waals surface area contributed by atoms with E-state index in [-0.39, 0.29) is 0 Å². The third-order valence-electron chi connectivity index (χ3n) is 1.29. The molecule has 1 aromatic rings. The van der Waals surface area contributed by atoms with E-state index in [9.17, 15) is 0 Å². The molecule has 0 radical (unpaired) electrons. The maximum atomic E-state index is 5.10. The largest absolute Gasteiger partial charge is 0.272 e. The maximum Gasteiger partial charge on any atom is 0.0927 e. The van der Waals surface area contributed by atoms with Gasteiger partial charge in [-0.05, 0) is 19.1 Å². The molecule has 0 aliphatic carbocycles. The average Bonchev–Trinajstić information content (AvgIpc) is 2.14. The van der Waals surface area contributed by atoms with E-state index >= 15 is 0 Å². The zero-order valence-corrected chi connectivity index (χ0v) is 7.03. The molecule has 0 aliphatic heterocycles. The minimum Gasteiger partial charge on any atom is -0.272 e. The van der Waals surface area contributed by atoms with E-state index in [0.717, 1.165) is 5.69 Å². The van der Waals surface area contributed by atoms with Crippen molar-refractivity contribution in [3.63, 3.8) is 0 Å². The summed E-state index contributed by atoms with van der Waals surface area (Å²) in [6.07, 6.45) is 7.28. The van der Waals surface area contributed by atoms with E-state index in [1.807, 2.05) is 31.2 Å². The van der Waals surface area contributed by atoms with Gasteiger partial charge in [0.05, 0.1) is 12.3 Å². The molecule has 3 nitrogen and oxygen atoms in total. The molecule has 0 saturated heterocycles. The van der Waals surface area contributed by atoms with E-state index in [1.54, 1.807) is 12.4 Å². The van der Waals surface area contributed by atoms with Crippen LogP contribution in [0.25, 0.3) is 0 Å². The summed E-state index contributed by atoms with van der Waals surface area (Å²) in [5.74, 6) is 0. The average molecular weight is 164 g/mol. The molecule has 1 N–H and O–H groups in total. The maximum absolute atomic E-state index is 5.10. The summed E-state index contributed by atoms with van der Waals surface area (Å²) >= 11 is 0. The van der Waals surface area contributed by atoms with Gasteiger partial charge < -0.3 is 0 Å². The van der Waals surface area contributed by atoms with Crippen LogP contribution in [0.1, 0.15) is 6.92 Å².